The number of nitrogens with zero attached hydrogens (tertiary/aromatic N) is 2. The molecule has 1 unspecified atom stereocenters. The predicted molar refractivity (Wildman–Crippen MR) is 137 cm³/mol. The van der Waals surface area contributed by atoms with Gasteiger partial charge in [0.25, 0.3) is 5.91 Å². The fourth-order valence-corrected chi connectivity index (χ4v) is 5.77. The molecule has 5 nitrogen and oxygen atoms in total. The van der Waals surface area contributed by atoms with Crippen molar-refractivity contribution in [2.45, 2.75) is 37.4 Å². The smallest absolute Gasteiger partial charge is 0.263 e. The van der Waals surface area contributed by atoms with Gasteiger partial charge in [-0.2, -0.15) is 0 Å². The van der Waals surface area contributed by atoms with Crippen LogP contribution in [0.4, 0.5) is 0 Å². The minimum absolute atomic E-state index is 0.0544. The number of ether oxygens (including phenoxy) is 1. The molecule has 0 saturated carbocycles. The van der Waals surface area contributed by atoms with Gasteiger partial charge in [0.1, 0.15) is 5.75 Å². The van der Waals surface area contributed by atoms with Crippen LogP contribution >= 0.6 is 23.2 Å². The standard InChI is InChI=1S/C28H24Cl2N2O3/c29-19-6-4-18(5-7-19)28(34)9-12-32(13-10-28)27(33)25-15-17-14-20(30)16-23(26(17)35-25)21-8-11-31-24-3-1-2-22(21)24/h1-2,4-8,11,14,16,25,34H,3,9-10,12-13,15H2. The van der Waals surface area contributed by atoms with Crippen molar-refractivity contribution in [3.8, 4) is 16.9 Å². The first-order chi connectivity index (χ1) is 16.9. The van der Waals surface area contributed by atoms with Crippen LogP contribution in [0.1, 0.15) is 35.2 Å². The molecule has 0 bridgehead atoms. The molecule has 35 heavy (non-hydrogen) atoms. The summed E-state index contributed by atoms with van der Waals surface area (Å²) in [6.45, 7) is 0.925. The number of fused-ring (bicyclic) bond motifs is 2. The normalized spacial score (nSPS) is 19.9. The van der Waals surface area contributed by atoms with Crippen LogP contribution in [0.25, 0.3) is 17.2 Å². The number of hydrogen-bond donors (Lipinski definition) is 1. The third-order valence-corrected chi connectivity index (χ3v) is 7.78. The fraction of sp³-hybridized carbons (Fsp3) is 0.286. The number of piperidine rings is 1. The van der Waals surface area contributed by atoms with E-state index in [0.29, 0.717) is 42.4 Å². The quantitative estimate of drug-likeness (QED) is 0.513. The van der Waals surface area contributed by atoms with E-state index in [2.05, 4.69) is 17.1 Å². The second-order valence-corrected chi connectivity index (χ2v) is 10.3. The summed E-state index contributed by atoms with van der Waals surface area (Å²) >= 11 is 12.5. The monoisotopic (exact) mass is 506 g/mol. The lowest BCUT2D eigenvalue weighted by atomic mass is 9.84. The van der Waals surface area contributed by atoms with Crippen LogP contribution in [0, 0.1) is 0 Å². The molecule has 1 aromatic heterocycles. The highest BCUT2D eigenvalue weighted by molar-refractivity contribution is 6.31. The molecule has 3 heterocycles. The van der Waals surface area contributed by atoms with Gasteiger partial charge in [-0.1, -0.05) is 47.5 Å². The number of likely N-dealkylation sites (tertiary alicyclic amines) is 1. The summed E-state index contributed by atoms with van der Waals surface area (Å²) in [4.78, 5) is 19.7. The molecule has 0 radical (unpaired) electrons. The van der Waals surface area contributed by atoms with Crippen molar-refractivity contribution < 1.29 is 14.6 Å². The molecular weight excluding hydrogens is 483 g/mol. The van der Waals surface area contributed by atoms with Crippen LogP contribution in [-0.4, -0.2) is 40.1 Å². The van der Waals surface area contributed by atoms with Crippen molar-refractivity contribution in [1.82, 2.24) is 9.88 Å². The maximum Gasteiger partial charge on any atom is 0.263 e. The first-order valence-electron chi connectivity index (χ1n) is 11.8. The Bertz CT molecular complexity index is 1350. The number of halogens is 2. The molecule has 6 rings (SSSR count). The molecule has 0 spiro atoms. The second-order valence-electron chi connectivity index (χ2n) is 9.44. The maximum absolute atomic E-state index is 13.4. The SMILES string of the molecule is O=C(C1Cc2cc(Cl)cc(-c3ccnc4c3C=CC4)c2O1)N1CCC(O)(c2ccc(Cl)cc2)CC1. The van der Waals surface area contributed by atoms with Gasteiger partial charge in [-0.3, -0.25) is 9.78 Å². The van der Waals surface area contributed by atoms with E-state index in [1.165, 1.54) is 0 Å². The first kappa shape index (κ1) is 22.6. The summed E-state index contributed by atoms with van der Waals surface area (Å²) in [5, 5.41) is 12.4. The van der Waals surface area contributed by atoms with Gasteiger partial charge in [0.2, 0.25) is 0 Å². The van der Waals surface area contributed by atoms with Crippen molar-refractivity contribution in [3.63, 3.8) is 0 Å². The molecule has 1 N–H and O–H groups in total. The van der Waals surface area contributed by atoms with E-state index in [1.807, 2.05) is 36.5 Å². The van der Waals surface area contributed by atoms with Crippen molar-refractivity contribution >= 4 is 35.2 Å². The summed E-state index contributed by atoms with van der Waals surface area (Å²) in [5.74, 6) is 0.664. The highest BCUT2D eigenvalue weighted by Crippen LogP contribution is 2.44. The molecule has 3 aliphatic rings. The van der Waals surface area contributed by atoms with Crippen molar-refractivity contribution in [2.75, 3.05) is 13.1 Å². The Morgan fingerprint density at radius 1 is 1.06 bits per heavy atom. The Labute approximate surface area is 214 Å². The number of allylic oxidation sites excluding steroid dienone is 1. The average Bonchev–Trinajstić information content (AvgIpc) is 3.51. The van der Waals surface area contributed by atoms with Gasteiger partial charge in [0, 0.05) is 58.9 Å². The van der Waals surface area contributed by atoms with Gasteiger partial charge in [-0.15, -0.1) is 0 Å². The predicted octanol–water partition coefficient (Wildman–Crippen LogP) is 5.44. The maximum atomic E-state index is 13.4. The Morgan fingerprint density at radius 3 is 2.60 bits per heavy atom. The topological polar surface area (TPSA) is 62.7 Å². The van der Waals surface area contributed by atoms with E-state index in [0.717, 1.165) is 45.7 Å². The van der Waals surface area contributed by atoms with Gasteiger partial charge in [0.15, 0.2) is 6.10 Å². The molecule has 1 aliphatic carbocycles. The molecule has 3 aromatic rings. The zero-order chi connectivity index (χ0) is 24.2. The second kappa shape index (κ2) is 8.66. The van der Waals surface area contributed by atoms with Crippen LogP contribution in [0.3, 0.4) is 0 Å². The van der Waals surface area contributed by atoms with Crippen LogP contribution in [0.5, 0.6) is 5.75 Å². The molecule has 1 amide bonds. The van der Waals surface area contributed by atoms with Gasteiger partial charge in [0.05, 0.1) is 11.3 Å². The van der Waals surface area contributed by atoms with Crippen LogP contribution in [0.15, 0.2) is 54.7 Å². The molecule has 1 atom stereocenters. The summed E-state index contributed by atoms with van der Waals surface area (Å²) < 4.78 is 6.30. The van der Waals surface area contributed by atoms with E-state index in [9.17, 15) is 9.90 Å². The number of rotatable bonds is 3. The number of benzene rings is 2. The Balaban J connectivity index is 1.21. The minimum atomic E-state index is -0.962. The molecular formula is C28H24Cl2N2O3. The number of carbonyl (C=O) groups is 1. The lowest BCUT2D eigenvalue weighted by Gasteiger charge is -2.39. The third-order valence-electron chi connectivity index (χ3n) is 7.31. The first-order valence-corrected chi connectivity index (χ1v) is 12.6. The third kappa shape index (κ3) is 4.02. The van der Waals surface area contributed by atoms with E-state index in [1.54, 1.807) is 17.0 Å². The average molecular weight is 507 g/mol. The molecule has 1 fully saturated rings. The van der Waals surface area contributed by atoms with E-state index in [4.69, 9.17) is 27.9 Å². The Morgan fingerprint density at radius 2 is 1.83 bits per heavy atom. The summed E-state index contributed by atoms with van der Waals surface area (Å²) in [6, 6.07) is 13.0. The van der Waals surface area contributed by atoms with E-state index < -0.39 is 11.7 Å². The number of aliphatic hydroxyl groups is 1. The molecule has 178 valence electrons. The lowest BCUT2D eigenvalue weighted by molar-refractivity contribution is -0.142. The lowest BCUT2D eigenvalue weighted by Crippen LogP contribution is -2.49. The largest absolute Gasteiger partial charge is 0.479 e. The number of amides is 1. The highest BCUT2D eigenvalue weighted by atomic mass is 35.5. The fourth-order valence-electron chi connectivity index (χ4n) is 5.40. The van der Waals surface area contributed by atoms with Gasteiger partial charge in [-0.25, -0.2) is 0 Å². The van der Waals surface area contributed by atoms with Crippen molar-refractivity contribution in [2.24, 2.45) is 0 Å². The number of carbonyl (C=O) groups excluding carboxylic acids is 1. The van der Waals surface area contributed by atoms with E-state index >= 15 is 0 Å². The molecule has 1 saturated heterocycles. The van der Waals surface area contributed by atoms with Gasteiger partial charge in [-0.05, 0) is 54.3 Å². The Kier molecular flexibility index (Phi) is 5.59. The number of pyridine rings is 1. The van der Waals surface area contributed by atoms with Crippen molar-refractivity contribution in [1.29, 1.82) is 0 Å². The van der Waals surface area contributed by atoms with E-state index in [-0.39, 0.29) is 5.91 Å². The zero-order valence-corrected chi connectivity index (χ0v) is 20.5. The number of aromatic nitrogens is 1. The van der Waals surface area contributed by atoms with Crippen LogP contribution < -0.4 is 4.74 Å². The van der Waals surface area contributed by atoms with Crippen LogP contribution in [0.2, 0.25) is 10.0 Å². The van der Waals surface area contributed by atoms with Crippen molar-refractivity contribution in [3.05, 3.63) is 87.2 Å². The minimum Gasteiger partial charge on any atom is -0.479 e. The zero-order valence-electron chi connectivity index (χ0n) is 19.0. The summed E-state index contributed by atoms with van der Waals surface area (Å²) in [6.07, 6.45) is 7.60. The van der Waals surface area contributed by atoms with Gasteiger partial charge < -0.3 is 14.7 Å². The molecule has 2 aromatic carbocycles. The van der Waals surface area contributed by atoms with Crippen LogP contribution in [-0.2, 0) is 23.2 Å². The summed E-state index contributed by atoms with van der Waals surface area (Å²) in [5.41, 5.74) is 4.82. The Hall–Kier alpha value is -2.86. The molecule has 2 aliphatic heterocycles. The van der Waals surface area contributed by atoms with Gasteiger partial charge >= 0.3 is 0 Å². The molecule has 7 heteroatoms. The number of hydrogen-bond acceptors (Lipinski definition) is 4. The summed E-state index contributed by atoms with van der Waals surface area (Å²) in [7, 11) is 0. The highest BCUT2D eigenvalue weighted by Gasteiger charge is 2.40.